The first kappa shape index (κ1) is 9.98. The lowest BCUT2D eigenvalue weighted by molar-refractivity contribution is 0.895. The molecule has 0 amide bonds. The monoisotopic (exact) mass is 198 g/mol. The molecule has 0 atom stereocenters. The van der Waals surface area contributed by atoms with Crippen LogP contribution < -0.4 is 11.1 Å². The van der Waals surface area contributed by atoms with Crippen LogP contribution in [0.1, 0.15) is 24.4 Å². The molecule has 5 heteroatoms. The molecular weight excluding hydrogens is 184 g/mol. The van der Waals surface area contributed by atoms with Crippen LogP contribution in [-0.2, 0) is 0 Å². The minimum Gasteiger partial charge on any atom is -0.383 e. The highest BCUT2D eigenvalue weighted by Gasteiger charge is 2.09. The fourth-order valence-corrected chi connectivity index (χ4v) is 1.93. The molecule has 0 fully saturated rings. The van der Waals surface area contributed by atoms with Gasteiger partial charge in [0, 0.05) is 6.04 Å². The van der Waals surface area contributed by atoms with Crippen molar-refractivity contribution in [1.29, 1.82) is 5.41 Å². The molecule has 4 N–H and O–H groups in total. The summed E-state index contributed by atoms with van der Waals surface area (Å²) in [5.74, 6) is 0.0896. The van der Waals surface area contributed by atoms with E-state index in [2.05, 4.69) is 10.3 Å². The minimum atomic E-state index is 0.0896. The Bertz CT molecular complexity index is 316. The number of nitrogen functional groups attached to an aromatic ring is 1. The van der Waals surface area contributed by atoms with Gasteiger partial charge in [0.25, 0.3) is 0 Å². The molecule has 0 unspecified atom stereocenters. The van der Waals surface area contributed by atoms with Gasteiger partial charge in [0.2, 0.25) is 0 Å². The van der Waals surface area contributed by atoms with Gasteiger partial charge in [-0.2, -0.15) is 0 Å². The van der Waals surface area contributed by atoms with E-state index in [1.54, 1.807) is 0 Å². The van der Waals surface area contributed by atoms with Crippen LogP contribution in [0.25, 0.3) is 0 Å². The van der Waals surface area contributed by atoms with Crippen molar-refractivity contribution >= 4 is 22.3 Å². The number of aryl methyl sites for hydroxylation is 1. The maximum Gasteiger partial charge on any atom is 0.183 e. The summed E-state index contributed by atoms with van der Waals surface area (Å²) in [6.45, 7) is 5.95. The Hall–Kier alpha value is -1.10. The summed E-state index contributed by atoms with van der Waals surface area (Å²) < 4.78 is 0. The van der Waals surface area contributed by atoms with Crippen LogP contribution in [0.2, 0.25) is 0 Å². The van der Waals surface area contributed by atoms with Crippen LogP contribution in [0, 0.1) is 12.3 Å². The average Bonchev–Trinajstić information content (AvgIpc) is 2.29. The Morgan fingerprint density at radius 1 is 1.62 bits per heavy atom. The maximum absolute atomic E-state index is 7.29. The molecule has 1 aromatic rings. The molecule has 72 valence electrons. The van der Waals surface area contributed by atoms with Gasteiger partial charge in [-0.1, -0.05) is 11.3 Å². The van der Waals surface area contributed by atoms with E-state index in [4.69, 9.17) is 11.1 Å². The molecule has 13 heavy (non-hydrogen) atoms. The molecule has 1 heterocycles. The largest absolute Gasteiger partial charge is 0.383 e. The van der Waals surface area contributed by atoms with Crippen LogP contribution >= 0.6 is 11.3 Å². The third-order valence-corrected chi connectivity index (χ3v) is 2.58. The Labute approximate surface area is 81.7 Å². The van der Waals surface area contributed by atoms with Crippen LogP contribution in [0.3, 0.4) is 0 Å². The second kappa shape index (κ2) is 3.74. The summed E-state index contributed by atoms with van der Waals surface area (Å²) in [4.78, 5) is 5.01. The zero-order valence-corrected chi connectivity index (χ0v) is 8.83. The van der Waals surface area contributed by atoms with Crippen LogP contribution in [0.4, 0.5) is 5.13 Å². The maximum atomic E-state index is 7.29. The molecule has 0 spiro atoms. The van der Waals surface area contributed by atoms with Gasteiger partial charge in [-0.25, -0.2) is 4.98 Å². The van der Waals surface area contributed by atoms with E-state index in [1.165, 1.54) is 11.3 Å². The van der Waals surface area contributed by atoms with Crippen molar-refractivity contribution in [2.45, 2.75) is 26.8 Å². The van der Waals surface area contributed by atoms with Crippen molar-refractivity contribution < 1.29 is 0 Å². The molecule has 0 saturated heterocycles. The first-order chi connectivity index (χ1) is 6.00. The van der Waals surface area contributed by atoms with E-state index in [9.17, 15) is 0 Å². The lowest BCUT2D eigenvalue weighted by Crippen LogP contribution is -2.10. The summed E-state index contributed by atoms with van der Waals surface area (Å²) in [7, 11) is 0. The molecule has 4 nitrogen and oxygen atoms in total. The number of nitrogens with zero attached hydrogens (tertiary/aromatic N) is 1. The van der Waals surface area contributed by atoms with Gasteiger partial charge < -0.3 is 11.1 Å². The fourth-order valence-electron chi connectivity index (χ4n) is 0.955. The molecular formula is C8H14N4S. The lowest BCUT2D eigenvalue weighted by Gasteiger charge is -2.03. The highest BCUT2D eigenvalue weighted by atomic mass is 32.1. The van der Waals surface area contributed by atoms with Gasteiger partial charge in [0.15, 0.2) is 5.13 Å². The molecule has 0 bridgehead atoms. The number of amidine groups is 1. The molecule has 0 radical (unpaired) electrons. The molecule has 0 aliphatic rings. The summed E-state index contributed by atoms with van der Waals surface area (Å²) in [5.41, 5.74) is 6.20. The zero-order chi connectivity index (χ0) is 10.0. The SMILES string of the molecule is Cc1nc(NC(C)C)sc1C(=N)N. The van der Waals surface area contributed by atoms with E-state index in [1.807, 2.05) is 20.8 Å². The number of hydrogen-bond acceptors (Lipinski definition) is 4. The quantitative estimate of drug-likeness (QED) is 0.509. The van der Waals surface area contributed by atoms with Gasteiger partial charge in [0.1, 0.15) is 5.84 Å². The smallest absolute Gasteiger partial charge is 0.183 e. The van der Waals surface area contributed by atoms with Crippen molar-refractivity contribution in [2.75, 3.05) is 5.32 Å². The zero-order valence-electron chi connectivity index (χ0n) is 8.01. The number of hydrogen-bond donors (Lipinski definition) is 3. The second-order valence-corrected chi connectivity index (χ2v) is 4.15. The Morgan fingerprint density at radius 3 is 2.62 bits per heavy atom. The molecule has 1 aromatic heterocycles. The van der Waals surface area contributed by atoms with E-state index < -0.39 is 0 Å². The summed E-state index contributed by atoms with van der Waals surface area (Å²) in [6.07, 6.45) is 0. The summed E-state index contributed by atoms with van der Waals surface area (Å²) in [5, 5.41) is 11.3. The fraction of sp³-hybridized carbons (Fsp3) is 0.500. The van der Waals surface area contributed by atoms with Crippen molar-refractivity contribution in [3.63, 3.8) is 0 Å². The molecule has 0 aliphatic heterocycles. The Morgan fingerprint density at radius 2 is 2.23 bits per heavy atom. The van der Waals surface area contributed by atoms with E-state index in [-0.39, 0.29) is 5.84 Å². The number of thiazole rings is 1. The van der Waals surface area contributed by atoms with E-state index in [0.717, 1.165) is 15.7 Å². The summed E-state index contributed by atoms with van der Waals surface area (Å²) >= 11 is 1.42. The van der Waals surface area contributed by atoms with E-state index >= 15 is 0 Å². The topological polar surface area (TPSA) is 74.8 Å². The van der Waals surface area contributed by atoms with Crippen molar-refractivity contribution in [1.82, 2.24) is 4.98 Å². The van der Waals surface area contributed by atoms with Crippen LogP contribution in [0.15, 0.2) is 0 Å². The summed E-state index contributed by atoms with van der Waals surface area (Å²) in [6, 6.07) is 0.352. The molecule has 0 saturated carbocycles. The average molecular weight is 198 g/mol. The van der Waals surface area contributed by atoms with Gasteiger partial charge in [0.05, 0.1) is 10.6 Å². The molecule has 0 aliphatic carbocycles. The van der Waals surface area contributed by atoms with E-state index in [0.29, 0.717) is 6.04 Å². The molecule has 1 rings (SSSR count). The molecule has 0 aromatic carbocycles. The third-order valence-electron chi connectivity index (χ3n) is 1.45. The van der Waals surface area contributed by atoms with Crippen molar-refractivity contribution in [2.24, 2.45) is 5.73 Å². The number of nitrogens with one attached hydrogen (secondary N) is 2. The standard InChI is InChI=1S/C8H14N4S/c1-4(2)11-8-12-5(3)6(13-8)7(9)10/h4H,1-3H3,(H3,9,10)(H,11,12). The highest BCUT2D eigenvalue weighted by Crippen LogP contribution is 2.22. The minimum absolute atomic E-state index is 0.0896. The number of anilines is 1. The Balaban J connectivity index is 2.89. The number of nitrogens with two attached hydrogens (primary N) is 1. The number of rotatable bonds is 3. The first-order valence-electron chi connectivity index (χ1n) is 4.09. The van der Waals surface area contributed by atoms with Crippen LogP contribution in [0.5, 0.6) is 0 Å². The normalized spacial score (nSPS) is 10.5. The highest BCUT2D eigenvalue weighted by molar-refractivity contribution is 7.17. The van der Waals surface area contributed by atoms with Gasteiger partial charge in [-0.15, -0.1) is 0 Å². The van der Waals surface area contributed by atoms with Crippen molar-refractivity contribution in [3.05, 3.63) is 10.6 Å². The van der Waals surface area contributed by atoms with Gasteiger partial charge in [-0.3, -0.25) is 5.41 Å². The van der Waals surface area contributed by atoms with Gasteiger partial charge >= 0.3 is 0 Å². The predicted octanol–water partition coefficient (Wildman–Crippen LogP) is 1.56. The Kier molecular flexibility index (Phi) is 2.87. The third kappa shape index (κ3) is 2.42. The van der Waals surface area contributed by atoms with Gasteiger partial charge in [-0.05, 0) is 20.8 Å². The number of aromatic nitrogens is 1. The predicted molar refractivity (Wildman–Crippen MR) is 56.6 cm³/mol. The van der Waals surface area contributed by atoms with Crippen molar-refractivity contribution in [3.8, 4) is 0 Å². The first-order valence-corrected chi connectivity index (χ1v) is 4.90. The van der Waals surface area contributed by atoms with Crippen LogP contribution in [-0.4, -0.2) is 16.9 Å². The second-order valence-electron chi connectivity index (χ2n) is 3.15. The lowest BCUT2D eigenvalue weighted by atomic mass is 10.4.